The maximum atomic E-state index is 12.9. The van der Waals surface area contributed by atoms with Crippen molar-refractivity contribution in [3.8, 4) is 5.75 Å². The van der Waals surface area contributed by atoms with E-state index in [0.29, 0.717) is 35.6 Å². The molecular weight excluding hydrogens is 468 g/mol. The minimum atomic E-state index is -0.726. The lowest BCUT2D eigenvalue weighted by Gasteiger charge is -2.18. The van der Waals surface area contributed by atoms with E-state index in [9.17, 15) is 19.2 Å². The molecule has 0 saturated carbocycles. The fourth-order valence-corrected chi connectivity index (χ4v) is 4.48. The fraction of sp³-hybridized carbons (Fsp3) is 0.231. The molecule has 180 valence electrons. The molecule has 0 unspecified atom stereocenters. The molecule has 0 atom stereocenters. The Bertz CT molecular complexity index is 1240. The average Bonchev–Trinajstić information content (AvgIpc) is 3.46. The van der Waals surface area contributed by atoms with Crippen LogP contribution in [0.4, 0.5) is 0 Å². The van der Waals surface area contributed by atoms with Gasteiger partial charge in [-0.3, -0.25) is 19.3 Å². The molecule has 2 heterocycles. The predicted octanol–water partition coefficient (Wildman–Crippen LogP) is 3.76. The van der Waals surface area contributed by atoms with Gasteiger partial charge in [-0.15, -0.1) is 11.3 Å². The number of imide groups is 1. The third-order valence-corrected chi connectivity index (χ3v) is 6.37. The Morgan fingerprint density at radius 2 is 1.71 bits per heavy atom. The minimum absolute atomic E-state index is 0.0124. The molecule has 1 aliphatic rings. The maximum Gasteiger partial charge on any atom is 0.342 e. The number of benzene rings is 2. The lowest BCUT2D eigenvalue weighted by molar-refractivity contribution is -0.133. The Balaban J connectivity index is 1.46. The minimum Gasteiger partial charge on any atom is -0.493 e. The molecule has 35 heavy (non-hydrogen) atoms. The number of hydrogen-bond acceptors (Lipinski definition) is 7. The summed E-state index contributed by atoms with van der Waals surface area (Å²) in [6, 6.07) is 15.3. The molecule has 3 amide bonds. The number of fused-ring (bicyclic) bond motifs is 1. The summed E-state index contributed by atoms with van der Waals surface area (Å²) in [7, 11) is 1.64. The summed E-state index contributed by atoms with van der Waals surface area (Å²) in [5.74, 6) is -1.55. The average molecular weight is 493 g/mol. The summed E-state index contributed by atoms with van der Waals surface area (Å²) in [4.78, 5) is 54.3. The number of amides is 3. The first-order chi connectivity index (χ1) is 16.9. The first kappa shape index (κ1) is 24.2. The van der Waals surface area contributed by atoms with Crippen molar-refractivity contribution >= 4 is 35.0 Å². The largest absolute Gasteiger partial charge is 0.493 e. The van der Waals surface area contributed by atoms with Gasteiger partial charge in [-0.1, -0.05) is 24.3 Å². The summed E-state index contributed by atoms with van der Waals surface area (Å²) < 4.78 is 10.8. The van der Waals surface area contributed by atoms with Gasteiger partial charge in [0.2, 0.25) is 0 Å². The molecule has 0 radical (unpaired) electrons. The van der Waals surface area contributed by atoms with Gasteiger partial charge >= 0.3 is 5.97 Å². The second-order valence-corrected chi connectivity index (χ2v) is 8.94. The number of esters is 1. The summed E-state index contributed by atoms with van der Waals surface area (Å²) in [6.07, 6.45) is 0. The zero-order valence-corrected chi connectivity index (χ0v) is 20.2. The number of hydrogen-bond donors (Lipinski definition) is 0. The highest BCUT2D eigenvalue weighted by molar-refractivity contribution is 7.09. The van der Waals surface area contributed by atoms with Crippen LogP contribution in [0.1, 0.15) is 48.4 Å². The molecule has 4 rings (SSSR count). The van der Waals surface area contributed by atoms with E-state index in [1.54, 1.807) is 50.4 Å². The van der Waals surface area contributed by atoms with E-state index < -0.39 is 12.6 Å². The highest BCUT2D eigenvalue weighted by atomic mass is 32.1. The number of ether oxygens (including phenoxy) is 2. The Morgan fingerprint density at radius 1 is 1.00 bits per heavy atom. The molecule has 1 aliphatic heterocycles. The molecule has 0 spiro atoms. The van der Waals surface area contributed by atoms with Gasteiger partial charge < -0.3 is 14.4 Å². The van der Waals surface area contributed by atoms with Gasteiger partial charge in [0.1, 0.15) is 11.3 Å². The van der Waals surface area contributed by atoms with Crippen molar-refractivity contribution in [2.75, 3.05) is 20.3 Å². The monoisotopic (exact) mass is 492 g/mol. The van der Waals surface area contributed by atoms with Crippen LogP contribution in [0.5, 0.6) is 5.75 Å². The molecule has 1 aromatic heterocycles. The number of carbonyl (C=O) groups is 4. The zero-order chi connectivity index (χ0) is 24.9. The number of thiophene rings is 1. The smallest absolute Gasteiger partial charge is 0.342 e. The van der Waals surface area contributed by atoms with Crippen LogP contribution in [-0.4, -0.2) is 53.8 Å². The number of rotatable bonds is 9. The molecule has 3 aromatic rings. The normalized spacial score (nSPS) is 12.5. The molecule has 0 bridgehead atoms. The van der Waals surface area contributed by atoms with Crippen LogP contribution in [0.3, 0.4) is 0 Å². The Labute approximate surface area is 206 Å². The van der Waals surface area contributed by atoms with E-state index in [0.717, 1.165) is 9.78 Å². The van der Waals surface area contributed by atoms with E-state index in [2.05, 4.69) is 0 Å². The lowest BCUT2D eigenvalue weighted by atomic mass is 10.1. The maximum absolute atomic E-state index is 12.9. The molecular formula is C26H24N2O6S. The number of carbonyl (C=O) groups excluding carboxylic acids is 4. The Morgan fingerprint density at radius 3 is 2.34 bits per heavy atom. The van der Waals surface area contributed by atoms with Crippen molar-refractivity contribution in [3.63, 3.8) is 0 Å². The van der Waals surface area contributed by atoms with Crippen LogP contribution in [0.25, 0.3) is 0 Å². The molecule has 0 saturated heterocycles. The van der Waals surface area contributed by atoms with Gasteiger partial charge in [0, 0.05) is 11.9 Å². The lowest BCUT2D eigenvalue weighted by Crippen LogP contribution is -2.30. The second kappa shape index (κ2) is 10.5. The van der Waals surface area contributed by atoms with E-state index in [1.165, 1.54) is 22.3 Å². The molecule has 2 aromatic carbocycles. The summed E-state index contributed by atoms with van der Waals surface area (Å²) >= 11 is 1.54. The van der Waals surface area contributed by atoms with Crippen molar-refractivity contribution in [1.29, 1.82) is 0 Å². The quantitative estimate of drug-likeness (QED) is 0.334. The summed E-state index contributed by atoms with van der Waals surface area (Å²) in [5, 5.41) is 1.93. The van der Waals surface area contributed by atoms with E-state index >= 15 is 0 Å². The molecule has 8 nitrogen and oxygen atoms in total. The third-order valence-electron chi connectivity index (χ3n) is 5.51. The van der Waals surface area contributed by atoms with Gasteiger partial charge in [-0.05, 0) is 48.2 Å². The molecule has 9 heteroatoms. The van der Waals surface area contributed by atoms with Gasteiger partial charge in [0.05, 0.1) is 30.8 Å². The van der Waals surface area contributed by atoms with E-state index in [1.807, 2.05) is 17.5 Å². The van der Waals surface area contributed by atoms with Crippen LogP contribution in [0.2, 0.25) is 0 Å². The number of nitrogens with zero attached hydrogens (tertiary/aromatic N) is 2. The third kappa shape index (κ3) is 5.25. The van der Waals surface area contributed by atoms with Crippen LogP contribution in [0.15, 0.2) is 60.0 Å². The van der Waals surface area contributed by atoms with Gasteiger partial charge in [-0.2, -0.15) is 0 Å². The van der Waals surface area contributed by atoms with Crippen LogP contribution >= 0.6 is 11.3 Å². The van der Waals surface area contributed by atoms with Gasteiger partial charge in [0.25, 0.3) is 17.7 Å². The SMILES string of the molecule is CCOc1ccc(CN2C(=O)c3ccccc3C2=O)cc1C(=O)OCC(=O)N(C)Cc1cccs1. The summed E-state index contributed by atoms with van der Waals surface area (Å²) in [6.45, 7) is 2.09. The fourth-order valence-electron chi connectivity index (χ4n) is 3.72. The van der Waals surface area contributed by atoms with Crippen molar-refractivity contribution < 1.29 is 28.7 Å². The zero-order valence-electron chi connectivity index (χ0n) is 19.4. The number of likely N-dealkylation sites (N-methyl/N-ethyl adjacent to an activating group) is 1. The van der Waals surface area contributed by atoms with E-state index in [4.69, 9.17) is 9.47 Å². The van der Waals surface area contributed by atoms with Crippen molar-refractivity contribution in [3.05, 3.63) is 87.1 Å². The van der Waals surface area contributed by atoms with Crippen LogP contribution < -0.4 is 4.74 Å². The Hall–Kier alpha value is -3.98. The Kier molecular flexibility index (Phi) is 7.26. The molecule has 0 fully saturated rings. The standard InChI is InChI=1S/C26H24N2O6S/c1-3-33-22-11-10-17(14-28-24(30)19-8-4-5-9-20(19)25(28)31)13-21(22)26(32)34-16-23(29)27(2)15-18-7-6-12-35-18/h4-13H,3,14-16H2,1-2H3. The first-order valence-electron chi connectivity index (χ1n) is 11.0. The first-order valence-corrected chi connectivity index (χ1v) is 11.9. The second-order valence-electron chi connectivity index (χ2n) is 7.91. The predicted molar refractivity (Wildman–Crippen MR) is 129 cm³/mol. The highest BCUT2D eigenvalue weighted by Crippen LogP contribution is 2.27. The molecule has 0 N–H and O–H groups in total. The van der Waals surface area contributed by atoms with Crippen molar-refractivity contribution in [1.82, 2.24) is 9.80 Å². The topological polar surface area (TPSA) is 93.2 Å². The van der Waals surface area contributed by atoms with Gasteiger partial charge in [0.15, 0.2) is 6.61 Å². The highest BCUT2D eigenvalue weighted by Gasteiger charge is 2.35. The van der Waals surface area contributed by atoms with Crippen molar-refractivity contribution in [2.45, 2.75) is 20.0 Å². The molecule has 0 aliphatic carbocycles. The van der Waals surface area contributed by atoms with Crippen LogP contribution in [-0.2, 0) is 22.6 Å². The van der Waals surface area contributed by atoms with Crippen LogP contribution in [0, 0.1) is 0 Å². The van der Waals surface area contributed by atoms with Gasteiger partial charge in [-0.25, -0.2) is 4.79 Å². The van der Waals surface area contributed by atoms with Crippen molar-refractivity contribution in [2.24, 2.45) is 0 Å². The van der Waals surface area contributed by atoms with E-state index in [-0.39, 0.29) is 29.8 Å². The summed E-state index contributed by atoms with van der Waals surface area (Å²) in [5.41, 5.74) is 1.38.